The van der Waals surface area contributed by atoms with Crippen molar-refractivity contribution >= 4 is 138 Å². The number of hydrogen-bond donors (Lipinski definition) is 0. The number of hydrogen-bond acceptors (Lipinski definition) is 2. The Labute approximate surface area is 370 Å². The molecular weight excluding hydrogens is 888 g/mol. The molecule has 0 radical (unpaired) electrons. The van der Waals surface area contributed by atoms with E-state index in [4.69, 9.17) is 9.47 Å². The molecule has 0 atom stereocenters. The number of aromatic nitrogens is 2. The van der Waals surface area contributed by atoms with E-state index in [1.165, 1.54) is 94.2 Å². The Hall–Kier alpha value is -6.65. The van der Waals surface area contributed by atoms with E-state index in [1.807, 2.05) is 0 Å². The first kappa shape index (κ1) is 34.0. The predicted molar refractivity (Wildman–Crippen MR) is 260 cm³/mol. The third-order valence-corrected chi connectivity index (χ3v) is 18.3. The van der Waals surface area contributed by atoms with Gasteiger partial charge in [-0.15, -0.1) is 0 Å². The maximum absolute atomic E-state index is 6.95. The van der Waals surface area contributed by atoms with Crippen molar-refractivity contribution in [1.82, 2.24) is 9.13 Å². The van der Waals surface area contributed by atoms with Crippen LogP contribution in [0.15, 0.2) is 182 Å². The predicted octanol–water partition coefficient (Wildman–Crippen LogP) is 5.06. The Morgan fingerprint density at radius 1 is 0.323 bits per heavy atom. The van der Waals surface area contributed by atoms with Crippen molar-refractivity contribution in [2.75, 3.05) is 0 Å². The van der Waals surface area contributed by atoms with Crippen LogP contribution in [0, 0.1) is 0 Å². The van der Waals surface area contributed by atoms with E-state index in [1.54, 1.807) is 0 Å². The molecule has 0 fully saturated rings. The van der Waals surface area contributed by atoms with Gasteiger partial charge in [-0.05, 0) is 0 Å². The molecule has 4 aliphatic heterocycles. The molecule has 62 heavy (non-hydrogen) atoms. The SMILES string of the molecule is c1ccc2c(c1)Oc1cc(-n3c4ccccc4c4ccccc43)cc3c1B2c1cc2c(cc1[Se]3)[Se]c1cc(-n3c4ccccc4c4ccccc43)cc3c1B2c1ccccc1O3. The van der Waals surface area contributed by atoms with Crippen LogP contribution >= 0.6 is 0 Å². The number of nitrogens with zero attached hydrogens (tertiary/aromatic N) is 2. The van der Waals surface area contributed by atoms with Crippen LogP contribution in [0.3, 0.4) is 0 Å². The monoisotopic (exact) mass is 920 g/mol. The second-order valence-electron chi connectivity index (χ2n) is 16.7. The normalized spacial score (nSPS) is 13.9. The fraction of sp³-hybridized carbons (Fsp3) is 0. The summed E-state index contributed by atoms with van der Waals surface area (Å²) in [6.45, 7) is 0.156. The molecule has 0 spiro atoms. The van der Waals surface area contributed by atoms with Crippen LogP contribution in [0.2, 0.25) is 0 Å². The molecule has 15 rings (SSSR count). The van der Waals surface area contributed by atoms with E-state index in [0.717, 1.165) is 34.4 Å². The quantitative estimate of drug-likeness (QED) is 0.227. The third-order valence-electron chi connectivity index (χ3n) is 13.5. The van der Waals surface area contributed by atoms with Crippen molar-refractivity contribution in [1.29, 1.82) is 0 Å². The van der Waals surface area contributed by atoms with E-state index in [2.05, 4.69) is 191 Å². The summed E-state index contributed by atoms with van der Waals surface area (Å²) in [6.07, 6.45) is 0. The van der Waals surface area contributed by atoms with E-state index in [9.17, 15) is 0 Å². The third kappa shape index (κ3) is 4.55. The second-order valence-corrected chi connectivity index (χ2v) is 21.3. The van der Waals surface area contributed by atoms with Gasteiger partial charge in [0.2, 0.25) is 0 Å². The van der Waals surface area contributed by atoms with E-state index < -0.39 is 0 Å². The van der Waals surface area contributed by atoms with Gasteiger partial charge >= 0.3 is 373 Å². The summed E-state index contributed by atoms with van der Waals surface area (Å²) >= 11 is 0.102. The Morgan fingerprint density at radius 3 is 1.11 bits per heavy atom. The van der Waals surface area contributed by atoms with Crippen molar-refractivity contribution in [3.63, 3.8) is 0 Å². The zero-order valence-corrected chi connectivity index (χ0v) is 36.4. The summed E-state index contributed by atoms with van der Waals surface area (Å²) in [5.41, 5.74) is 15.1. The maximum atomic E-state index is 6.95. The molecule has 2 aromatic heterocycles. The van der Waals surface area contributed by atoms with E-state index in [0.29, 0.717) is 0 Å². The van der Waals surface area contributed by atoms with Crippen molar-refractivity contribution in [3.8, 4) is 34.4 Å². The number of rotatable bonds is 2. The number of benzene rings is 9. The molecule has 0 bridgehead atoms. The average molecular weight is 918 g/mol. The van der Waals surface area contributed by atoms with Gasteiger partial charge in [-0.25, -0.2) is 0 Å². The van der Waals surface area contributed by atoms with E-state index >= 15 is 0 Å². The Morgan fingerprint density at radius 2 is 0.694 bits per heavy atom. The van der Waals surface area contributed by atoms with Crippen LogP contribution in [-0.4, -0.2) is 52.5 Å². The molecule has 0 N–H and O–H groups in total. The van der Waals surface area contributed by atoms with Crippen LogP contribution in [0.1, 0.15) is 0 Å². The van der Waals surface area contributed by atoms with Crippen LogP contribution in [0.25, 0.3) is 55.0 Å². The van der Waals surface area contributed by atoms with Crippen molar-refractivity contribution in [2.24, 2.45) is 0 Å². The van der Waals surface area contributed by atoms with Crippen LogP contribution < -0.4 is 60.1 Å². The molecule has 9 aromatic carbocycles. The standard InChI is InChI=1S/C54H30B2N2O2Se2/c1-7-19-41-33(13-1)34-14-2-8-20-42(34)57(41)31-25-47-53-51(27-31)61-49-30-50-40(29-39(49)55(53)37-17-5-11-23-45(37)59-47)56-38-18-6-12-24-46(38)60-48-26-32(28-52(62-50)54(48)56)58-43-21-9-3-15-35(43)36-16-4-10-22-44(36)58/h1-30H. The second kappa shape index (κ2) is 12.5. The average Bonchev–Trinajstić information content (AvgIpc) is 3.84. The fourth-order valence-electron chi connectivity index (χ4n) is 11.0. The molecule has 0 amide bonds. The Balaban J connectivity index is 0.948. The Bertz CT molecular complexity index is 3470. The van der Waals surface area contributed by atoms with E-state index in [-0.39, 0.29) is 43.3 Å². The summed E-state index contributed by atoms with van der Waals surface area (Å²) in [4.78, 5) is 0. The summed E-state index contributed by atoms with van der Waals surface area (Å²) in [5.74, 6) is 3.83. The van der Waals surface area contributed by atoms with Gasteiger partial charge < -0.3 is 0 Å². The molecular formula is C54H30B2N2O2Se2. The van der Waals surface area contributed by atoms with Crippen LogP contribution in [0.5, 0.6) is 23.0 Å². The molecule has 8 heteroatoms. The molecule has 0 aliphatic carbocycles. The molecule has 0 saturated carbocycles. The number of para-hydroxylation sites is 6. The molecule has 4 nitrogen and oxygen atoms in total. The summed E-state index contributed by atoms with van der Waals surface area (Å²) < 4.78 is 24.5. The fourth-order valence-corrected chi connectivity index (χ4v) is 16.5. The first-order chi connectivity index (χ1) is 30.7. The summed E-state index contributed by atoms with van der Waals surface area (Å²) in [6, 6.07) is 67.4. The minimum absolute atomic E-state index is 0.0509. The van der Waals surface area contributed by atoms with Crippen LogP contribution in [0.4, 0.5) is 0 Å². The summed E-state index contributed by atoms with van der Waals surface area (Å²) in [7, 11) is 0. The van der Waals surface area contributed by atoms with Crippen molar-refractivity contribution < 1.29 is 9.47 Å². The summed E-state index contributed by atoms with van der Waals surface area (Å²) in [5, 5.41) is 5.07. The number of fused-ring (bicyclic) bond motifs is 14. The zero-order valence-electron chi connectivity index (χ0n) is 33.0. The minimum atomic E-state index is 0.0509. The topological polar surface area (TPSA) is 28.3 Å². The molecule has 0 saturated heterocycles. The van der Waals surface area contributed by atoms with Gasteiger partial charge in [0, 0.05) is 0 Å². The van der Waals surface area contributed by atoms with Crippen molar-refractivity contribution in [2.45, 2.75) is 0 Å². The molecule has 286 valence electrons. The molecule has 0 unspecified atom stereocenters. The van der Waals surface area contributed by atoms with Crippen LogP contribution in [-0.2, 0) is 0 Å². The Kier molecular flexibility index (Phi) is 6.84. The van der Waals surface area contributed by atoms with Gasteiger partial charge in [0.05, 0.1) is 0 Å². The van der Waals surface area contributed by atoms with Gasteiger partial charge in [-0.1, -0.05) is 0 Å². The zero-order chi connectivity index (χ0) is 40.2. The van der Waals surface area contributed by atoms with Gasteiger partial charge in [-0.2, -0.15) is 0 Å². The van der Waals surface area contributed by atoms with Crippen molar-refractivity contribution in [3.05, 3.63) is 182 Å². The first-order valence-electron chi connectivity index (χ1n) is 21.1. The first-order valence-corrected chi connectivity index (χ1v) is 24.6. The molecule has 4 aliphatic rings. The van der Waals surface area contributed by atoms with Gasteiger partial charge in [0.15, 0.2) is 0 Å². The van der Waals surface area contributed by atoms with Gasteiger partial charge in [0.25, 0.3) is 0 Å². The van der Waals surface area contributed by atoms with Gasteiger partial charge in [-0.3, -0.25) is 0 Å². The molecule has 6 heterocycles. The molecule has 11 aromatic rings. The number of ether oxygens (including phenoxy) is 2. The van der Waals surface area contributed by atoms with Gasteiger partial charge in [0.1, 0.15) is 0 Å².